The number of hydrogen-bond acceptors (Lipinski definition) is 4. The minimum Gasteiger partial charge on any atom is -0.492 e. The summed E-state index contributed by atoms with van der Waals surface area (Å²) in [6.07, 6.45) is 0. The van der Waals surface area contributed by atoms with Gasteiger partial charge in [-0.15, -0.1) is 0 Å². The number of nitrogens with one attached hydrogen (secondary N) is 1. The minimum absolute atomic E-state index is 0.106. The van der Waals surface area contributed by atoms with Gasteiger partial charge >= 0.3 is 0 Å². The lowest BCUT2D eigenvalue weighted by Crippen LogP contribution is -2.28. The average molecular weight is 354 g/mol. The van der Waals surface area contributed by atoms with Crippen molar-refractivity contribution in [2.45, 2.75) is 0 Å². The molecule has 0 fully saturated rings. The number of carbonyl (C=O) groups excluding carboxylic acids is 1. The highest BCUT2D eigenvalue weighted by Gasteiger charge is 2.20. The van der Waals surface area contributed by atoms with Crippen LogP contribution in [0.5, 0.6) is 17.2 Å². The predicted molar refractivity (Wildman–Crippen MR) is 86.9 cm³/mol. The second kappa shape index (κ2) is 6.98. The Bertz CT molecular complexity index is 719. The highest BCUT2D eigenvalue weighted by Crippen LogP contribution is 2.39. The van der Waals surface area contributed by atoms with Crippen LogP contribution in [0.2, 0.25) is 10.0 Å². The molecule has 7 heteroatoms. The molecule has 5 nitrogen and oxygen atoms in total. The van der Waals surface area contributed by atoms with E-state index >= 15 is 0 Å². The Labute approximate surface area is 143 Å². The summed E-state index contributed by atoms with van der Waals surface area (Å²) in [4.78, 5) is 12.1. The molecular formula is C16H13Cl2NO4. The van der Waals surface area contributed by atoms with Gasteiger partial charge in [0.05, 0.1) is 11.6 Å². The van der Waals surface area contributed by atoms with E-state index < -0.39 is 0 Å². The van der Waals surface area contributed by atoms with E-state index in [1.807, 2.05) is 0 Å². The number of hydrogen-bond donors (Lipinski definition) is 1. The number of amides is 1. The lowest BCUT2D eigenvalue weighted by Gasteiger charge is -2.09. The van der Waals surface area contributed by atoms with Crippen LogP contribution in [0.4, 0.5) is 0 Å². The lowest BCUT2D eigenvalue weighted by atomic mass is 10.2. The van der Waals surface area contributed by atoms with Gasteiger partial charge in [-0.05, 0) is 36.4 Å². The fourth-order valence-corrected chi connectivity index (χ4v) is 2.46. The molecule has 0 bridgehead atoms. The highest BCUT2D eigenvalue weighted by molar-refractivity contribution is 6.32. The largest absolute Gasteiger partial charge is 0.492 e. The molecular weight excluding hydrogens is 341 g/mol. The number of halogens is 2. The summed E-state index contributed by atoms with van der Waals surface area (Å²) in [6.45, 7) is 0.800. The van der Waals surface area contributed by atoms with Gasteiger partial charge in [-0.1, -0.05) is 23.2 Å². The Balaban J connectivity index is 1.52. The molecule has 1 amide bonds. The summed E-state index contributed by atoms with van der Waals surface area (Å²) in [5.74, 6) is 1.37. The maximum absolute atomic E-state index is 12.1. The van der Waals surface area contributed by atoms with Crippen LogP contribution in [0.25, 0.3) is 0 Å². The Morgan fingerprint density at radius 3 is 2.74 bits per heavy atom. The minimum atomic E-state index is -0.259. The fraction of sp³-hybridized carbons (Fsp3) is 0.188. The van der Waals surface area contributed by atoms with E-state index in [2.05, 4.69) is 5.32 Å². The number of ether oxygens (including phenoxy) is 3. The van der Waals surface area contributed by atoms with Gasteiger partial charge in [-0.3, -0.25) is 4.79 Å². The Morgan fingerprint density at radius 2 is 1.96 bits per heavy atom. The zero-order valence-electron chi connectivity index (χ0n) is 12.0. The van der Waals surface area contributed by atoms with Crippen molar-refractivity contribution >= 4 is 29.1 Å². The molecule has 1 aliphatic heterocycles. The van der Waals surface area contributed by atoms with E-state index in [-0.39, 0.29) is 12.7 Å². The first-order valence-electron chi connectivity index (χ1n) is 6.89. The molecule has 0 aliphatic carbocycles. The molecule has 2 aromatic rings. The third kappa shape index (κ3) is 3.81. The Kier molecular flexibility index (Phi) is 4.79. The highest BCUT2D eigenvalue weighted by atomic mass is 35.5. The quantitative estimate of drug-likeness (QED) is 0.835. The van der Waals surface area contributed by atoms with Gasteiger partial charge in [0.2, 0.25) is 6.79 Å². The zero-order chi connectivity index (χ0) is 16.2. The van der Waals surface area contributed by atoms with Gasteiger partial charge in [0.15, 0.2) is 11.5 Å². The molecule has 0 saturated carbocycles. The third-order valence-electron chi connectivity index (χ3n) is 3.16. The maximum atomic E-state index is 12.1. The normalized spacial score (nSPS) is 12.1. The summed E-state index contributed by atoms with van der Waals surface area (Å²) in [7, 11) is 0. The molecule has 0 saturated heterocycles. The van der Waals surface area contributed by atoms with Crippen LogP contribution in [0.15, 0.2) is 36.4 Å². The van der Waals surface area contributed by atoms with Crippen LogP contribution < -0.4 is 19.5 Å². The molecule has 0 aromatic heterocycles. The zero-order valence-corrected chi connectivity index (χ0v) is 13.5. The third-order valence-corrected chi connectivity index (χ3v) is 3.69. The van der Waals surface area contributed by atoms with Crippen LogP contribution in [-0.2, 0) is 0 Å². The molecule has 2 aromatic carbocycles. The molecule has 0 spiro atoms. The average Bonchev–Trinajstić information content (AvgIpc) is 3.02. The number of fused-ring (bicyclic) bond motifs is 1. The van der Waals surface area contributed by atoms with Crippen molar-refractivity contribution in [3.63, 3.8) is 0 Å². The smallest absolute Gasteiger partial charge is 0.251 e. The summed E-state index contributed by atoms with van der Waals surface area (Å²) in [5, 5.41) is 3.75. The van der Waals surface area contributed by atoms with E-state index in [4.69, 9.17) is 37.4 Å². The van der Waals surface area contributed by atoms with Crippen LogP contribution in [0.3, 0.4) is 0 Å². The summed E-state index contributed by atoms with van der Waals surface area (Å²) in [5.41, 5.74) is 0.408. The standard InChI is InChI=1S/C16H13Cl2NO4/c17-11-1-3-12(4-2-11)21-6-5-19-16(20)10-7-13(18)15-14(8-10)22-9-23-15/h1-4,7-8H,5-6,9H2,(H,19,20). The molecule has 0 radical (unpaired) electrons. The van der Waals surface area contributed by atoms with Crippen molar-refractivity contribution in [1.82, 2.24) is 5.32 Å². The van der Waals surface area contributed by atoms with E-state index in [1.54, 1.807) is 36.4 Å². The van der Waals surface area contributed by atoms with Crippen molar-refractivity contribution in [1.29, 1.82) is 0 Å². The second-order valence-corrected chi connectivity index (χ2v) is 5.59. The number of carbonyl (C=O) groups is 1. The van der Waals surface area contributed by atoms with Gasteiger partial charge in [0.1, 0.15) is 12.4 Å². The number of rotatable bonds is 5. The van der Waals surface area contributed by atoms with Crippen molar-refractivity contribution in [3.8, 4) is 17.2 Å². The monoisotopic (exact) mass is 353 g/mol. The molecule has 1 N–H and O–H groups in total. The van der Waals surface area contributed by atoms with E-state index in [0.717, 1.165) is 0 Å². The SMILES string of the molecule is O=C(NCCOc1ccc(Cl)cc1)c1cc(Cl)c2c(c1)OCO2. The fourth-order valence-electron chi connectivity index (χ4n) is 2.06. The second-order valence-electron chi connectivity index (χ2n) is 4.75. The van der Waals surface area contributed by atoms with Crippen molar-refractivity contribution < 1.29 is 19.0 Å². The predicted octanol–water partition coefficient (Wildman–Crippen LogP) is 3.53. The van der Waals surface area contributed by atoms with Crippen molar-refractivity contribution in [3.05, 3.63) is 52.0 Å². The first-order chi connectivity index (χ1) is 11.1. The van der Waals surface area contributed by atoms with E-state index in [1.165, 1.54) is 0 Å². The van der Waals surface area contributed by atoms with Crippen LogP contribution >= 0.6 is 23.2 Å². The molecule has 0 atom stereocenters. The van der Waals surface area contributed by atoms with Gasteiger partial charge in [0.25, 0.3) is 5.91 Å². The summed E-state index contributed by atoms with van der Waals surface area (Å²) < 4.78 is 15.9. The van der Waals surface area contributed by atoms with Gasteiger partial charge in [0, 0.05) is 10.6 Å². The van der Waals surface area contributed by atoms with Crippen LogP contribution in [0, 0.1) is 0 Å². The van der Waals surface area contributed by atoms with E-state index in [9.17, 15) is 4.79 Å². The van der Waals surface area contributed by atoms with E-state index in [0.29, 0.717) is 46.0 Å². The van der Waals surface area contributed by atoms with Crippen molar-refractivity contribution in [2.24, 2.45) is 0 Å². The summed E-state index contributed by atoms with van der Waals surface area (Å²) >= 11 is 11.8. The molecule has 1 aliphatic rings. The Hall–Kier alpha value is -2.11. The van der Waals surface area contributed by atoms with Gasteiger partial charge in [-0.2, -0.15) is 0 Å². The first kappa shape index (κ1) is 15.8. The molecule has 3 rings (SSSR count). The molecule has 23 heavy (non-hydrogen) atoms. The maximum Gasteiger partial charge on any atom is 0.251 e. The topological polar surface area (TPSA) is 56.8 Å². The number of benzene rings is 2. The summed E-state index contributed by atoms with van der Waals surface area (Å²) in [6, 6.07) is 10.2. The van der Waals surface area contributed by atoms with Crippen LogP contribution in [-0.4, -0.2) is 25.9 Å². The lowest BCUT2D eigenvalue weighted by molar-refractivity contribution is 0.0946. The molecule has 1 heterocycles. The van der Waals surface area contributed by atoms with Gasteiger partial charge < -0.3 is 19.5 Å². The Morgan fingerprint density at radius 1 is 1.17 bits per heavy atom. The van der Waals surface area contributed by atoms with Gasteiger partial charge in [-0.25, -0.2) is 0 Å². The first-order valence-corrected chi connectivity index (χ1v) is 7.65. The molecule has 120 valence electrons. The van der Waals surface area contributed by atoms with Crippen LogP contribution in [0.1, 0.15) is 10.4 Å². The van der Waals surface area contributed by atoms with Crippen molar-refractivity contribution in [2.75, 3.05) is 19.9 Å². The molecule has 0 unspecified atom stereocenters.